The van der Waals surface area contributed by atoms with Crippen LogP contribution in [-0.2, 0) is 4.79 Å². The fraction of sp³-hybridized carbons (Fsp3) is 0.857. The predicted octanol–water partition coefficient (Wildman–Crippen LogP) is 1.22. The molecule has 6 heteroatoms. The first-order valence-electron chi connectivity index (χ1n) is 7.25. The standard InChI is InChI=1S/C14H27N3O3/c1-10(2)12(9-16(3)4)15-14(20)17(11-5-6-11)8-7-13(18)19/h10-12H,5-9H2,1-4H3,(H,15,20)(H,18,19). The van der Waals surface area contributed by atoms with E-state index < -0.39 is 5.97 Å². The van der Waals surface area contributed by atoms with Gasteiger partial charge in [0.1, 0.15) is 0 Å². The molecule has 1 rings (SSSR count). The minimum Gasteiger partial charge on any atom is -0.481 e. The largest absolute Gasteiger partial charge is 0.481 e. The monoisotopic (exact) mass is 285 g/mol. The minimum absolute atomic E-state index is 0.00391. The second-order valence-electron chi connectivity index (χ2n) is 6.13. The molecule has 1 atom stereocenters. The maximum Gasteiger partial charge on any atom is 0.317 e. The van der Waals surface area contributed by atoms with E-state index in [1.807, 2.05) is 19.0 Å². The van der Waals surface area contributed by atoms with E-state index in [0.717, 1.165) is 19.4 Å². The number of hydrogen-bond donors (Lipinski definition) is 2. The van der Waals surface area contributed by atoms with Crippen molar-refractivity contribution < 1.29 is 14.7 Å². The van der Waals surface area contributed by atoms with E-state index in [4.69, 9.17) is 5.11 Å². The summed E-state index contributed by atoms with van der Waals surface area (Å²) in [6.07, 6.45) is 1.96. The Kier molecular flexibility index (Phi) is 6.26. The fourth-order valence-electron chi connectivity index (χ4n) is 2.11. The number of carbonyl (C=O) groups is 2. The summed E-state index contributed by atoms with van der Waals surface area (Å²) in [7, 11) is 3.95. The summed E-state index contributed by atoms with van der Waals surface area (Å²) in [5.41, 5.74) is 0. The first-order valence-corrected chi connectivity index (χ1v) is 7.25. The van der Waals surface area contributed by atoms with E-state index in [1.165, 1.54) is 0 Å². The van der Waals surface area contributed by atoms with Crippen LogP contribution in [0.5, 0.6) is 0 Å². The summed E-state index contributed by atoms with van der Waals surface area (Å²) in [5, 5.41) is 11.8. The summed E-state index contributed by atoms with van der Waals surface area (Å²) in [6, 6.07) is 0.166. The van der Waals surface area contributed by atoms with Crippen LogP contribution in [0, 0.1) is 5.92 Å². The Morgan fingerprint density at radius 1 is 1.30 bits per heavy atom. The van der Waals surface area contributed by atoms with Gasteiger partial charge in [0, 0.05) is 25.2 Å². The molecule has 0 aromatic heterocycles. The zero-order valence-corrected chi connectivity index (χ0v) is 12.9. The molecule has 1 fully saturated rings. The lowest BCUT2D eigenvalue weighted by atomic mass is 10.0. The van der Waals surface area contributed by atoms with Crippen molar-refractivity contribution in [3.63, 3.8) is 0 Å². The maximum absolute atomic E-state index is 12.3. The zero-order valence-electron chi connectivity index (χ0n) is 12.9. The number of likely N-dealkylation sites (N-methyl/N-ethyl adjacent to an activating group) is 1. The number of nitrogens with one attached hydrogen (secondary N) is 1. The van der Waals surface area contributed by atoms with Crippen LogP contribution in [0.4, 0.5) is 4.79 Å². The Labute approximate surface area is 121 Å². The average molecular weight is 285 g/mol. The van der Waals surface area contributed by atoms with Crippen LogP contribution < -0.4 is 5.32 Å². The summed E-state index contributed by atoms with van der Waals surface area (Å²) in [4.78, 5) is 26.7. The smallest absolute Gasteiger partial charge is 0.317 e. The molecule has 0 heterocycles. The van der Waals surface area contributed by atoms with Crippen molar-refractivity contribution in [1.29, 1.82) is 0 Å². The van der Waals surface area contributed by atoms with Gasteiger partial charge in [0.15, 0.2) is 0 Å². The van der Waals surface area contributed by atoms with Gasteiger partial charge in [-0.05, 0) is 32.9 Å². The van der Waals surface area contributed by atoms with Crippen LogP contribution >= 0.6 is 0 Å². The number of hydrogen-bond acceptors (Lipinski definition) is 3. The van der Waals surface area contributed by atoms with Crippen molar-refractivity contribution in [2.45, 2.75) is 45.2 Å². The molecule has 0 spiro atoms. The van der Waals surface area contributed by atoms with Crippen molar-refractivity contribution in [2.75, 3.05) is 27.2 Å². The van der Waals surface area contributed by atoms with Crippen molar-refractivity contribution in [3.8, 4) is 0 Å². The van der Waals surface area contributed by atoms with Crippen molar-refractivity contribution in [2.24, 2.45) is 5.92 Å². The van der Waals surface area contributed by atoms with Gasteiger partial charge >= 0.3 is 12.0 Å². The molecular formula is C14H27N3O3. The SMILES string of the molecule is CC(C)C(CN(C)C)NC(=O)N(CCC(=O)O)C1CC1. The van der Waals surface area contributed by atoms with E-state index in [9.17, 15) is 9.59 Å². The van der Waals surface area contributed by atoms with E-state index in [0.29, 0.717) is 12.5 Å². The predicted molar refractivity (Wildman–Crippen MR) is 77.7 cm³/mol. The molecule has 0 aliphatic heterocycles. The molecule has 0 saturated heterocycles. The highest BCUT2D eigenvalue weighted by Crippen LogP contribution is 2.27. The molecule has 2 amide bonds. The molecule has 1 unspecified atom stereocenters. The van der Waals surface area contributed by atoms with Crippen molar-refractivity contribution in [3.05, 3.63) is 0 Å². The van der Waals surface area contributed by atoms with E-state index in [1.54, 1.807) is 4.90 Å². The Bertz CT molecular complexity index is 341. The Morgan fingerprint density at radius 3 is 2.30 bits per heavy atom. The average Bonchev–Trinajstić information content (AvgIpc) is 3.11. The third kappa shape index (κ3) is 5.77. The molecular weight excluding hydrogens is 258 g/mol. The summed E-state index contributed by atoms with van der Waals surface area (Å²) >= 11 is 0. The Hall–Kier alpha value is -1.30. The molecule has 0 aromatic carbocycles. The third-order valence-electron chi connectivity index (χ3n) is 3.49. The lowest BCUT2D eigenvalue weighted by Crippen LogP contribution is -2.51. The highest BCUT2D eigenvalue weighted by atomic mass is 16.4. The van der Waals surface area contributed by atoms with E-state index in [-0.39, 0.29) is 24.5 Å². The van der Waals surface area contributed by atoms with Crippen LogP contribution in [0.1, 0.15) is 33.1 Å². The van der Waals surface area contributed by atoms with Crippen molar-refractivity contribution >= 4 is 12.0 Å². The third-order valence-corrected chi connectivity index (χ3v) is 3.49. The fourth-order valence-corrected chi connectivity index (χ4v) is 2.11. The van der Waals surface area contributed by atoms with Gasteiger partial charge in [0.05, 0.1) is 6.42 Å². The minimum atomic E-state index is -0.864. The number of carboxylic acid groups (broad SMARTS) is 1. The normalized spacial score (nSPS) is 16.3. The number of aliphatic carboxylic acids is 1. The maximum atomic E-state index is 12.3. The number of carboxylic acids is 1. The van der Waals surface area contributed by atoms with Gasteiger partial charge in [-0.25, -0.2) is 4.79 Å². The molecule has 1 saturated carbocycles. The van der Waals surface area contributed by atoms with Crippen LogP contribution in [0.15, 0.2) is 0 Å². The van der Waals surface area contributed by atoms with Gasteiger partial charge in [-0.1, -0.05) is 13.8 Å². The second-order valence-corrected chi connectivity index (χ2v) is 6.13. The zero-order chi connectivity index (χ0) is 15.3. The number of amides is 2. The number of nitrogens with zero attached hydrogens (tertiary/aromatic N) is 2. The van der Waals surface area contributed by atoms with Crippen LogP contribution in [0.25, 0.3) is 0 Å². The number of urea groups is 1. The molecule has 116 valence electrons. The van der Waals surface area contributed by atoms with Crippen LogP contribution in [0.2, 0.25) is 0 Å². The molecule has 2 N–H and O–H groups in total. The second kappa shape index (κ2) is 7.47. The lowest BCUT2D eigenvalue weighted by Gasteiger charge is -2.29. The van der Waals surface area contributed by atoms with E-state index in [2.05, 4.69) is 19.2 Å². The molecule has 1 aliphatic carbocycles. The Morgan fingerprint density at radius 2 is 1.90 bits per heavy atom. The molecule has 0 aromatic rings. The molecule has 0 radical (unpaired) electrons. The van der Waals surface area contributed by atoms with Gasteiger partial charge in [-0.3, -0.25) is 4.79 Å². The molecule has 6 nitrogen and oxygen atoms in total. The molecule has 1 aliphatic rings. The van der Waals surface area contributed by atoms with Gasteiger partial charge in [-0.2, -0.15) is 0 Å². The summed E-state index contributed by atoms with van der Waals surface area (Å²) < 4.78 is 0. The van der Waals surface area contributed by atoms with Crippen LogP contribution in [0.3, 0.4) is 0 Å². The first kappa shape index (κ1) is 16.8. The summed E-state index contributed by atoms with van der Waals surface area (Å²) in [5.74, 6) is -0.529. The summed E-state index contributed by atoms with van der Waals surface area (Å²) in [6.45, 7) is 5.22. The molecule has 20 heavy (non-hydrogen) atoms. The Balaban J connectivity index is 2.56. The lowest BCUT2D eigenvalue weighted by molar-refractivity contribution is -0.137. The number of carbonyl (C=O) groups excluding carboxylic acids is 1. The highest BCUT2D eigenvalue weighted by Gasteiger charge is 2.33. The topological polar surface area (TPSA) is 72.9 Å². The van der Waals surface area contributed by atoms with Gasteiger partial charge < -0.3 is 20.2 Å². The van der Waals surface area contributed by atoms with Gasteiger partial charge in [0.25, 0.3) is 0 Å². The van der Waals surface area contributed by atoms with E-state index >= 15 is 0 Å². The quantitative estimate of drug-likeness (QED) is 0.703. The van der Waals surface area contributed by atoms with Gasteiger partial charge in [-0.15, -0.1) is 0 Å². The molecule has 0 bridgehead atoms. The van der Waals surface area contributed by atoms with Crippen molar-refractivity contribution in [1.82, 2.24) is 15.1 Å². The first-order chi connectivity index (χ1) is 9.31. The van der Waals surface area contributed by atoms with Crippen LogP contribution in [-0.4, -0.2) is 66.2 Å². The highest BCUT2D eigenvalue weighted by molar-refractivity contribution is 5.76. The number of rotatable bonds is 8. The van der Waals surface area contributed by atoms with Gasteiger partial charge in [0.2, 0.25) is 0 Å².